The van der Waals surface area contributed by atoms with Gasteiger partial charge in [0.1, 0.15) is 10.5 Å². The van der Waals surface area contributed by atoms with Crippen LogP contribution in [0.15, 0.2) is 65.1 Å². The van der Waals surface area contributed by atoms with Gasteiger partial charge < -0.3 is 8.92 Å². The molecule has 1 heterocycles. The molecule has 0 aromatic heterocycles. The summed E-state index contributed by atoms with van der Waals surface area (Å²) in [5, 5.41) is 2.86. The second kappa shape index (κ2) is 11.5. The maximum Gasteiger partial charge on any atom is 0.339 e. The minimum atomic E-state index is -4.23. The van der Waals surface area contributed by atoms with E-state index in [1.165, 1.54) is 54.6 Å². The molecule has 0 spiro atoms. The van der Waals surface area contributed by atoms with E-state index in [1.807, 2.05) is 22.6 Å². The van der Waals surface area contributed by atoms with E-state index in [-0.39, 0.29) is 34.3 Å². The van der Waals surface area contributed by atoms with E-state index in [0.717, 1.165) is 10.5 Å². The maximum atomic E-state index is 13.3. The Labute approximate surface area is 247 Å². The van der Waals surface area contributed by atoms with Crippen LogP contribution >= 0.6 is 45.8 Å². The van der Waals surface area contributed by atoms with Gasteiger partial charge in [-0.1, -0.05) is 29.3 Å². The fourth-order valence-electron chi connectivity index (χ4n) is 3.55. The Morgan fingerprint density at radius 2 is 1.72 bits per heavy atom. The van der Waals surface area contributed by atoms with E-state index in [4.69, 9.17) is 32.1 Å². The van der Waals surface area contributed by atoms with Crippen molar-refractivity contribution in [2.75, 3.05) is 11.5 Å². The van der Waals surface area contributed by atoms with Gasteiger partial charge in [-0.15, -0.1) is 0 Å². The van der Waals surface area contributed by atoms with E-state index < -0.39 is 28.0 Å². The Bertz CT molecular complexity index is 1640. The number of carbonyl (C=O) groups is 3. The van der Waals surface area contributed by atoms with E-state index in [0.29, 0.717) is 19.2 Å². The molecule has 1 N–H and O–H groups in total. The van der Waals surface area contributed by atoms with Crippen molar-refractivity contribution < 1.29 is 31.7 Å². The van der Waals surface area contributed by atoms with Crippen LogP contribution in [0.2, 0.25) is 10.0 Å². The summed E-state index contributed by atoms with van der Waals surface area (Å²) in [6, 6.07) is 12.1. The Balaban J connectivity index is 1.72. The SMILES string of the molecule is CCOc1cc(/C=C2\C(=O)NC(=O)N(c3ccc(C)c(Cl)c3)C2=O)cc(I)c1OS(=O)(=O)c1ccc(Cl)cc1. The zero-order chi connectivity index (χ0) is 28.5. The average molecular weight is 701 g/mol. The lowest BCUT2D eigenvalue weighted by atomic mass is 10.1. The average Bonchev–Trinajstić information content (AvgIpc) is 2.86. The lowest BCUT2D eigenvalue weighted by Gasteiger charge is -2.26. The summed E-state index contributed by atoms with van der Waals surface area (Å²) in [6.07, 6.45) is 1.27. The Morgan fingerprint density at radius 1 is 1.03 bits per heavy atom. The van der Waals surface area contributed by atoms with Crippen LogP contribution in [0.4, 0.5) is 10.5 Å². The number of halogens is 3. The first-order valence-electron chi connectivity index (χ1n) is 11.2. The predicted molar refractivity (Wildman–Crippen MR) is 155 cm³/mol. The van der Waals surface area contributed by atoms with Crippen molar-refractivity contribution in [2.45, 2.75) is 18.7 Å². The van der Waals surface area contributed by atoms with Crippen molar-refractivity contribution in [3.8, 4) is 11.5 Å². The van der Waals surface area contributed by atoms with E-state index in [1.54, 1.807) is 19.9 Å². The number of hydrogen-bond donors (Lipinski definition) is 1. The smallest absolute Gasteiger partial charge is 0.339 e. The van der Waals surface area contributed by atoms with Gasteiger partial charge in [0.15, 0.2) is 11.5 Å². The number of nitrogens with one attached hydrogen (secondary N) is 1. The largest absolute Gasteiger partial charge is 0.490 e. The third-order valence-corrected chi connectivity index (χ3v) is 8.15. The number of barbiturate groups is 1. The van der Waals surface area contributed by atoms with Gasteiger partial charge in [0.05, 0.1) is 15.9 Å². The molecule has 0 aliphatic carbocycles. The van der Waals surface area contributed by atoms with Crippen molar-refractivity contribution in [1.82, 2.24) is 5.32 Å². The second-order valence-corrected chi connectivity index (χ2v) is 11.7. The molecule has 0 saturated carbocycles. The first-order valence-corrected chi connectivity index (χ1v) is 14.5. The molecule has 1 saturated heterocycles. The number of imide groups is 2. The van der Waals surface area contributed by atoms with Crippen molar-refractivity contribution in [2.24, 2.45) is 0 Å². The Kier molecular flexibility index (Phi) is 8.54. The molecule has 0 unspecified atom stereocenters. The minimum absolute atomic E-state index is 0.0655. The van der Waals surface area contributed by atoms with Crippen LogP contribution in [0.1, 0.15) is 18.1 Å². The maximum absolute atomic E-state index is 13.3. The number of aryl methyl sites for hydroxylation is 1. The fourth-order valence-corrected chi connectivity index (χ4v) is 5.70. The molecule has 3 aromatic rings. The van der Waals surface area contributed by atoms with Crippen molar-refractivity contribution in [3.05, 3.63) is 84.9 Å². The highest BCUT2D eigenvalue weighted by atomic mass is 127. The first kappa shape index (κ1) is 28.9. The molecule has 4 amide bonds. The molecule has 1 aliphatic heterocycles. The number of benzene rings is 3. The van der Waals surface area contributed by atoms with Gasteiger partial charge in [-0.05, 0) is 102 Å². The summed E-state index contributed by atoms with van der Waals surface area (Å²) in [5.74, 6) is -1.75. The molecular formula is C26H19Cl2IN2O7S. The van der Waals surface area contributed by atoms with Gasteiger partial charge in [-0.2, -0.15) is 8.42 Å². The molecule has 202 valence electrons. The van der Waals surface area contributed by atoms with E-state index in [2.05, 4.69) is 5.32 Å². The molecule has 3 aromatic carbocycles. The van der Waals surface area contributed by atoms with Crippen LogP contribution in [0.5, 0.6) is 11.5 Å². The fraction of sp³-hybridized carbons (Fsp3) is 0.115. The number of rotatable bonds is 7. The van der Waals surface area contributed by atoms with Crippen LogP contribution < -0.4 is 19.1 Å². The molecule has 0 atom stereocenters. The number of ether oxygens (including phenoxy) is 1. The number of nitrogens with zero attached hydrogens (tertiary/aromatic N) is 1. The number of anilines is 1. The quantitative estimate of drug-likeness (QED) is 0.145. The van der Waals surface area contributed by atoms with Crippen molar-refractivity contribution >= 4 is 85.5 Å². The molecule has 39 heavy (non-hydrogen) atoms. The molecule has 1 fully saturated rings. The summed E-state index contributed by atoms with van der Waals surface area (Å²) < 4.78 is 37.1. The van der Waals surface area contributed by atoms with Gasteiger partial charge in [-0.3, -0.25) is 14.9 Å². The summed E-state index contributed by atoms with van der Waals surface area (Å²) in [4.78, 5) is 39.1. The normalized spacial score (nSPS) is 14.9. The number of carbonyl (C=O) groups excluding carboxylic acids is 3. The summed E-state index contributed by atoms with van der Waals surface area (Å²) in [7, 11) is -4.23. The van der Waals surface area contributed by atoms with Gasteiger partial charge in [0.2, 0.25) is 0 Å². The van der Waals surface area contributed by atoms with Crippen molar-refractivity contribution in [1.29, 1.82) is 0 Å². The monoisotopic (exact) mass is 700 g/mol. The second-order valence-electron chi connectivity index (χ2n) is 8.15. The van der Waals surface area contributed by atoms with Crippen LogP contribution in [0.25, 0.3) is 6.08 Å². The topological polar surface area (TPSA) is 119 Å². The van der Waals surface area contributed by atoms with Gasteiger partial charge in [-0.25, -0.2) is 9.69 Å². The van der Waals surface area contributed by atoms with Crippen molar-refractivity contribution in [3.63, 3.8) is 0 Å². The number of urea groups is 1. The number of amides is 4. The highest BCUT2D eigenvalue weighted by molar-refractivity contribution is 14.1. The molecular weight excluding hydrogens is 682 g/mol. The molecule has 0 bridgehead atoms. The predicted octanol–water partition coefficient (Wildman–Crippen LogP) is 5.74. The zero-order valence-corrected chi connectivity index (χ0v) is 24.8. The molecule has 13 heteroatoms. The van der Waals surface area contributed by atoms with Gasteiger partial charge in [0.25, 0.3) is 11.8 Å². The first-order chi connectivity index (χ1) is 18.4. The lowest BCUT2D eigenvalue weighted by molar-refractivity contribution is -0.122. The third kappa shape index (κ3) is 6.21. The molecule has 0 radical (unpaired) electrons. The molecule has 1 aliphatic rings. The van der Waals surface area contributed by atoms with Crippen LogP contribution in [0, 0.1) is 10.5 Å². The van der Waals surface area contributed by atoms with Crippen LogP contribution in [-0.4, -0.2) is 32.9 Å². The minimum Gasteiger partial charge on any atom is -0.490 e. The summed E-state index contributed by atoms with van der Waals surface area (Å²) in [6.45, 7) is 3.64. The standard InChI is InChI=1S/C26H19Cl2IN2O7S/c1-3-37-22-12-15(11-21(29)23(22)38-39(35,36)18-8-5-16(27)6-9-18)10-19-24(32)30-26(34)31(25(19)33)17-7-4-14(2)20(28)13-17/h4-13H,3H2,1-2H3,(H,30,32,34)/b19-10+. The van der Waals surface area contributed by atoms with Gasteiger partial charge in [0, 0.05) is 10.0 Å². The van der Waals surface area contributed by atoms with E-state index >= 15 is 0 Å². The highest BCUT2D eigenvalue weighted by Gasteiger charge is 2.37. The van der Waals surface area contributed by atoms with E-state index in [9.17, 15) is 22.8 Å². The summed E-state index contributed by atoms with van der Waals surface area (Å²) in [5.41, 5.74) is 0.934. The van der Waals surface area contributed by atoms with Crippen LogP contribution in [0.3, 0.4) is 0 Å². The van der Waals surface area contributed by atoms with Gasteiger partial charge >= 0.3 is 16.1 Å². The summed E-state index contributed by atoms with van der Waals surface area (Å²) >= 11 is 13.9. The molecule has 9 nitrogen and oxygen atoms in total. The zero-order valence-electron chi connectivity index (χ0n) is 20.3. The Morgan fingerprint density at radius 3 is 2.36 bits per heavy atom. The van der Waals surface area contributed by atoms with Crippen LogP contribution in [-0.2, 0) is 19.7 Å². The lowest BCUT2D eigenvalue weighted by Crippen LogP contribution is -2.54. The number of hydrogen-bond acceptors (Lipinski definition) is 7. The Hall–Kier alpha value is -3.13. The third-order valence-electron chi connectivity index (χ3n) is 5.45. The molecule has 4 rings (SSSR count). The highest BCUT2D eigenvalue weighted by Crippen LogP contribution is 2.37.